The predicted octanol–water partition coefficient (Wildman–Crippen LogP) is 13.7. The molecule has 0 atom stereocenters. The molecule has 0 aliphatic heterocycles. The molecule has 0 radical (unpaired) electrons. The molecular formula is C49H38N2S. The molecule has 0 amide bonds. The zero-order valence-electron chi connectivity index (χ0n) is 29.8. The first kappa shape index (κ1) is 31.0. The van der Waals surface area contributed by atoms with Crippen LogP contribution in [0.15, 0.2) is 158 Å². The van der Waals surface area contributed by atoms with Gasteiger partial charge in [-0.1, -0.05) is 149 Å². The largest absolute Gasteiger partial charge is 0.310 e. The van der Waals surface area contributed by atoms with E-state index in [1.165, 1.54) is 71.6 Å². The van der Waals surface area contributed by atoms with Crippen molar-refractivity contribution < 1.29 is 0 Å². The lowest BCUT2D eigenvalue weighted by molar-refractivity contribution is 0.640. The van der Waals surface area contributed by atoms with Gasteiger partial charge in [0.25, 0.3) is 0 Å². The van der Waals surface area contributed by atoms with Crippen LogP contribution in [0.5, 0.6) is 0 Å². The lowest BCUT2D eigenvalue weighted by atomic mass is 9.74. The number of anilines is 3. The summed E-state index contributed by atoms with van der Waals surface area (Å²) in [7, 11) is 0. The van der Waals surface area contributed by atoms with E-state index < -0.39 is 0 Å². The van der Waals surface area contributed by atoms with E-state index >= 15 is 0 Å². The van der Waals surface area contributed by atoms with Crippen LogP contribution in [0.3, 0.4) is 0 Å². The molecule has 2 aliphatic rings. The smallest absolute Gasteiger partial charge is 0.125 e. The zero-order chi connectivity index (χ0) is 35.2. The minimum Gasteiger partial charge on any atom is -0.310 e. The fraction of sp³-hybridized carbons (Fsp3) is 0.122. The van der Waals surface area contributed by atoms with E-state index in [9.17, 15) is 0 Å². The Morgan fingerprint density at radius 3 is 1.54 bits per heavy atom. The highest BCUT2D eigenvalue weighted by atomic mass is 32.1. The maximum atomic E-state index is 5.41. The Bertz CT molecular complexity index is 2550. The Morgan fingerprint density at radius 1 is 0.462 bits per heavy atom. The van der Waals surface area contributed by atoms with Crippen molar-refractivity contribution in [3.63, 3.8) is 0 Å². The second-order valence-electron chi connectivity index (χ2n) is 15.1. The molecule has 0 fully saturated rings. The molecule has 2 aliphatic carbocycles. The lowest BCUT2D eigenvalue weighted by Gasteiger charge is -2.38. The van der Waals surface area contributed by atoms with E-state index in [-0.39, 0.29) is 10.8 Å². The molecule has 2 nitrogen and oxygen atoms in total. The van der Waals surface area contributed by atoms with Crippen LogP contribution in [0.1, 0.15) is 49.9 Å². The average molecular weight is 687 g/mol. The van der Waals surface area contributed by atoms with Gasteiger partial charge in [-0.3, -0.25) is 0 Å². The van der Waals surface area contributed by atoms with Gasteiger partial charge in [-0.2, -0.15) is 0 Å². The number of thiazole rings is 1. The van der Waals surface area contributed by atoms with Gasteiger partial charge in [0.2, 0.25) is 0 Å². The Morgan fingerprint density at radius 2 is 0.942 bits per heavy atom. The van der Waals surface area contributed by atoms with Gasteiger partial charge >= 0.3 is 0 Å². The maximum Gasteiger partial charge on any atom is 0.125 e. The molecule has 1 heterocycles. The monoisotopic (exact) mass is 686 g/mol. The van der Waals surface area contributed by atoms with Crippen LogP contribution in [0, 0.1) is 0 Å². The fourth-order valence-electron chi connectivity index (χ4n) is 9.09. The van der Waals surface area contributed by atoms with Crippen molar-refractivity contribution in [3.8, 4) is 44.0 Å². The highest BCUT2D eigenvalue weighted by molar-refractivity contribution is 7.21. The van der Waals surface area contributed by atoms with Gasteiger partial charge < -0.3 is 4.90 Å². The van der Waals surface area contributed by atoms with Gasteiger partial charge in [0.15, 0.2) is 0 Å². The molecule has 8 aromatic rings. The van der Waals surface area contributed by atoms with Crippen LogP contribution in [0.25, 0.3) is 54.2 Å². The van der Waals surface area contributed by atoms with E-state index in [1.807, 2.05) is 11.3 Å². The van der Waals surface area contributed by atoms with Crippen molar-refractivity contribution in [2.75, 3.05) is 4.90 Å². The van der Waals surface area contributed by atoms with E-state index in [2.05, 4.69) is 190 Å². The van der Waals surface area contributed by atoms with Gasteiger partial charge in [0, 0.05) is 27.8 Å². The molecule has 0 spiro atoms. The first-order chi connectivity index (χ1) is 25.3. The van der Waals surface area contributed by atoms with Gasteiger partial charge in [0.05, 0.1) is 15.9 Å². The lowest BCUT2D eigenvalue weighted by Crippen LogP contribution is -2.26. The van der Waals surface area contributed by atoms with E-state index in [4.69, 9.17) is 4.98 Å². The van der Waals surface area contributed by atoms with Crippen LogP contribution < -0.4 is 4.90 Å². The molecule has 0 N–H and O–H groups in total. The summed E-state index contributed by atoms with van der Waals surface area (Å²) in [6, 6.07) is 57.5. The summed E-state index contributed by atoms with van der Waals surface area (Å²) in [5.41, 5.74) is 18.4. The van der Waals surface area contributed by atoms with Crippen molar-refractivity contribution >= 4 is 38.6 Å². The second kappa shape index (κ2) is 11.4. The summed E-state index contributed by atoms with van der Waals surface area (Å²) in [6.07, 6.45) is 0. The van der Waals surface area contributed by atoms with Crippen molar-refractivity contribution in [1.29, 1.82) is 0 Å². The van der Waals surface area contributed by atoms with Crippen LogP contribution in [0.2, 0.25) is 0 Å². The summed E-state index contributed by atoms with van der Waals surface area (Å²) >= 11 is 1.81. The SMILES string of the molecule is CC1(C)c2ccccc2-c2c(-c3nc4ccccc4s3)c3c(c(N(c4ccccc4)c4ccc(-c5ccccc5)cc4)c21)C(C)(C)c1ccccc1-3. The minimum absolute atomic E-state index is 0.288. The molecule has 0 unspecified atom stereocenters. The molecule has 0 bridgehead atoms. The molecule has 0 saturated carbocycles. The van der Waals surface area contributed by atoms with Gasteiger partial charge in [-0.15, -0.1) is 11.3 Å². The van der Waals surface area contributed by atoms with Crippen molar-refractivity contribution in [2.45, 2.75) is 38.5 Å². The number of rotatable bonds is 5. The van der Waals surface area contributed by atoms with E-state index in [0.717, 1.165) is 21.9 Å². The van der Waals surface area contributed by atoms with Crippen LogP contribution in [-0.2, 0) is 10.8 Å². The van der Waals surface area contributed by atoms with Gasteiger partial charge in [-0.25, -0.2) is 4.98 Å². The molecular weight excluding hydrogens is 649 g/mol. The van der Waals surface area contributed by atoms with E-state index in [1.54, 1.807) is 0 Å². The summed E-state index contributed by atoms with van der Waals surface area (Å²) in [4.78, 5) is 7.97. The van der Waals surface area contributed by atoms with Crippen LogP contribution in [0.4, 0.5) is 17.1 Å². The molecule has 10 rings (SSSR count). The Labute approximate surface area is 309 Å². The number of para-hydroxylation sites is 2. The van der Waals surface area contributed by atoms with Crippen molar-refractivity contribution in [2.24, 2.45) is 0 Å². The normalized spacial score (nSPS) is 14.5. The third kappa shape index (κ3) is 4.39. The Balaban J connectivity index is 1.38. The summed E-state index contributed by atoms with van der Waals surface area (Å²) in [6.45, 7) is 9.69. The first-order valence-electron chi connectivity index (χ1n) is 18.2. The van der Waals surface area contributed by atoms with Crippen molar-refractivity contribution in [1.82, 2.24) is 4.98 Å². The number of nitrogens with zero attached hydrogens (tertiary/aromatic N) is 2. The van der Waals surface area contributed by atoms with Gasteiger partial charge in [-0.05, 0) is 92.0 Å². The highest BCUT2D eigenvalue weighted by Gasteiger charge is 2.49. The highest BCUT2D eigenvalue weighted by Crippen LogP contribution is 2.66. The van der Waals surface area contributed by atoms with Gasteiger partial charge in [0.1, 0.15) is 5.01 Å². The van der Waals surface area contributed by atoms with Crippen LogP contribution in [-0.4, -0.2) is 4.98 Å². The Hall–Kier alpha value is -5.77. The average Bonchev–Trinajstić information content (AvgIpc) is 3.79. The fourth-order valence-corrected chi connectivity index (χ4v) is 10.1. The summed E-state index contributed by atoms with van der Waals surface area (Å²) in [5.74, 6) is 0. The molecule has 1 aromatic heterocycles. The molecule has 3 heteroatoms. The third-order valence-corrected chi connectivity index (χ3v) is 12.5. The summed E-state index contributed by atoms with van der Waals surface area (Å²) < 4.78 is 1.21. The topological polar surface area (TPSA) is 16.1 Å². The van der Waals surface area contributed by atoms with Crippen molar-refractivity contribution in [3.05, 3.63) is 180 Å². The minimum atomic E-state index is -0.288. The van der Waals surface area contributed by atoms with Crippen LogP contribution >= 0.6 is 11.3 Å². The number of aromatic nitrogens is 1. The molecule has 7 aromatic carbocycles. The first-order valence-corrected chi connectivity index (χ1v) is 19.0. The van der Waals surface area contributed by atoms with E-state index in [0.29, 0.717) is 0 Å². The molecule has 52 heavy (non-hydrogen) atoms. The number of hydrogen-bond acceptors (Lipinski definition) is 3. The number of benzene rings is 7. The number of hydrogen-bond donors (Lipinski definition) is 0. The Kier molecular flexibility index (Phi) is 6.78. The second-order valence-corrected chi connectivity index (χ2v) is 16.2. The zero-order valence-corrected chi connectivity index (χ0v) is 30.6. The number of fused-ring (bicyclic) bond motifs is 7. The molecule has 0 saturated heterocycles. The third-order valence-electron chi connectivity index (χ3n) is 11.4. The predicted molar refractivity (Wildman–Crippen MR) is 220 cm³/mol. The maximum absolute atomic E-state index is 5.41. The summed E-state index contributed by atoms with van der Waals surface area (Å²) in [5, 5.41) is 1.08. The quantitative estimate of drug-likeness (QED) is 0.179. The standard InChI is InChI=1S/C49H38N2S/c1-48(2)37-23-13-11-21-35(37)41-43(47-50-39-25-15-16-26-40(39)52-47)42-36-22-12-14-24-38(36)49(3,4)45(42)46(44(41)48)51(33-19-9-6-10-20-33)34-29-27-32(28-30-34)31-17-7-5-8-18-31/h5-30H,1-4H3. The molecule has 250 valence electrons.